The van der Waals surface area contributed by atoms with Gasteiger partial charge in [-0.1, -0.05) is 39.3 Å². The Morgan fingerprint density at radius 3 is 2.35 bits per heavy atom. The van der Waals surface area contributed by atoms with Crippen LogP contribution in [0.15, 0.2) is 28.7 Å². The average molecular weight is 576 g/mol. The van der Waals surface area contributed by atoms with E-state index < -0.39 is 58.0 Å². The van der Waals surface area contributed by atoms with Gasteiger partial charge in [-0.2, -0.15) is 0 Å². The topological polar surface area (TPSA) is 165 Å². The quantitative estimate of drug-likeness (QED) is 0.321. The number of benzene rings is 1. The summed E-state index contributed by atoms with van der Waals surface area (Å²) < 4.78 is 0. The molecule has 0 radical (unpaired) electrons. The smallest absolute Gasteiger partial charge is 0.255 e. The third-order valence-corrected chi connectivity index (χ3v) is 8.74. The number of amides is 1. The van der Waals surface area contributed by atoms with Crippen molar-refractivity contribution in [1.82, 2.24) is 9.80 Å². The number of aliphatic hydroxyl groups is 3. The molecule has 0 unspecified atom stereocenters. The minimum Gasteiger partial charge on any atom is -0.510 e. The normalized spacial score (nSPS) is 26.8. The first kappa shape index (κ1) is 30.0. The Kier molecular flexibility index (Phi) is 7.64. The lowest BCUT2D eigenvalue weighted by atomic mass is 9.58. The second-order valence-electron chi connectivity index (χ2n) is 12.5. The van der Waals surface area contributed by atoms with Crippen molar-refractivity contribution in [1.29, 1.82) is 0 Å². The molecule has 1 amide bonds. The van der Waals surface area contributed by atoms with Gasteiger partial charge in [0.25, 0.3) is 5.91 Å². The first-order valence-electron chi connectivity index (χ1n) is 13.4. The van der Waals surface area contributed by atoms with E-state index in [1.165, 1.54) is 11.0 Å². The molecule has 1 aromatic carbocycles. The van der Waals surface area contributed by atoms with Crippen LogP contribution in [0.2, 0.25) is 5.02 Å². The SMILES string of the molecule is CCN(Cc1cc(O)c2c(c1Cl)C[C@H]1C[C@H]3[C@H](N(C)C)C(O)=C(C(N)=O)C(=O)[C@@]3(O)C(O)=C1C2=O)CC(C)(C)C. The lowest BCUT2D eigenvalue weighted by Crippen LogP contribution is -2.63. The first-order chi connectivity index (χ1) is 18.4. The van der Waals surface area contributed by atoms with E-state index in [4.69, 9.17) is 17.3 Å². The van der Waals surface area contributed by atoms with Gasteiger partial charge in [-0.05, 0) is 62.0 Å². The summed E-state index contributed by atoms with van der Waals surface area (Å²) in [6, 6.07) is 0.402. The largest absolute Gasteiger partial charge is 0.510 e. The van der Waals surface area contributed by atoms with Gasteiger partial charge in [0.05, 0.1) is 11.6 Å². The summed E-state index contributed by atoms with van der Waals surface area (Å²) in [4.78, 5) is 43.0. The Morgan fingerprint density at radius 1 is 1.20 bits per heavy atom. The minimum absolute atomic E-state index is 0.0121. The van der Waals surface area contributed by atoms with Gasteiger partial charge in [0.2, 0.25) is 5.78 Å². The molecule has 6 N–H and O–H groups in total. The average Bonchev–Trinajstić information content (AvgIpc) is 2.82. The molecule has 0 fully saturated rings. The van der Waals surface area contributed by atoms with E-state index in [-0.39, 0.29) is 35.1 Å². The summed E-state index contributed by atoms with van der Waals surface area (Å²) in [5.74, 6) is -6.84. The summed E-state index contributed by atoms with van der Waals surface area (Å²) in [7, 11) is 3.18. The van der Waals surface area contributed by atoms with Crippen LogP contribution in [0.25, 0.3) is 0 Å². The number of Topliss-reactive ketones (excluding diaryl/α,β-unsaturated/α-hetero) is 2. The van der Waals surface area contributed by atoms with Crippen LogP contribution >= 0.6 is 11.6 Å². The Hall–Kier alpha value is -2.92. The molecule has 10 nitrogen and oxygen atoms in total. The monoisotopic (exact) mass is 575 g/mol. The van der Waals surface area contributed by atoms with Gasteiger partial charge in [-0.25, -0.2) is 0 Å². The molecular formula is C29H38ClN3O7. The number of primary amides is 1. The highest BCUT2D eigenvalue weighted by atomic mass is 35.5. The summed E-state index contributed by atoms with van der Waals surface area (Å²) in [6.45, 7) is 10.4. The first-order valence-corrected chi connectivity index (χ1v) is 13.7. The van der Waals surface area contributed by atoms with Gasteiger partial charge in [-0.3, -0.25) is 24.2 Å². The van der Waals surface area contributed by atoms with Crippen LogP contribution in [0.4, 0.5) is 0 Å². The number of carbonyl (C=O) groups excluding carboxylic acids is 3. The molecule has 0 spiro atoms. The molecule has 0 bridgehead atoms. The van der Waals surface area contributed by atoms with Crippen LogP contribution in [-0.2, 0) is 22.6 Å². The fourth-order valence-corrected chi connectivity index (χ4v) is 6.95. The third-order valence-electron chi connectivity index (χ3n) is 8.27. The number of nitrogens with two attached hydrogens (primary N) is 1. The zero-order valence-corrected chi connectivity index (χ0v) is 24.5. The number of ketones is 2. The number of phenols is 1. The van der Waals surface area contributed by atoms with Crippen LogP contribution in [0.5, 0.6) is 5.75 Å². The molecule has 0 saturated carbocycles. The summed E-state index contributed by atoms with van der Waals surface area (Å²) in [6.07, 6.45) is 0.165. The van der Waals surface area contributed by atoms with Gasteiger partial charge in [0.15, 0.2) is 11.4 Å². The van der Waals surface area contributed by atoms with Gasteiger partial charge in [0, 0.05) is 29.6 Å². The van der Waals surface area contributed by atoms with E-state index in [2.05, 4.69) is 25.7 Å². The Morgan fingerprint density at radius 2 is 1.82 bits per heavy atom. The highest BCUT2D eigenvalue weighted by Gasteiger charge is 2.63. The zero-order valence-electron chi connectivity index (χ0n) is 23.7. The number of aliphatic hydroxyl groups excluding tert-OH is 2. The fraction of sp³-hybridized carbons (Fsp3) is 0.552. The van der Waals surface area contributed by atoms with E-state index in [0.29, 0.717) is 22.7 Å². The van der Waals surface area contributed by atoms with Crippen molar-refractivity contribution in [3.05, 3.63) is 50.4 Å². The van der Waals surface area contributed by atoms with E-state index in [1.807, 2.05) is 6.92 Å². The van der Waals surface area contributed by atoms with Crippen LogP contribution in [0.1, 0.15) is 55.6 Å². The molecule has 3 aliphatic carbocycles. The molecule has 4 atom stereocenters. The number of fused-ring (bicyclic) bond motifs is 3. The maximum Gasteiger partial charge on any atom is 0.255 e. The maximum absolute atomic E-state index is 13.8. The highest BCUT2D eigenvalue weighted by Crippen LogP contribution is 2.53. The molecule has 0 heterocycles. The van der Waals surface area contributed by atoms with Gasteiger partial charge in [0.1, 0.15) is 22.8 Å². The molecule has 11 heteroatoms. The van der Waals surface area contributed by atoms with Crippen molar-refractivity contribution < 1.29 is 34.8 Å². The molecule has 0 saturated heterocycles. The highest BCUT2D eigenvalue weighted by molar-refractivity contribution is 6.33. The number of aromatic hydroxyl groups is 1. The van der Waals surface area contributed by atoms with E-state index in [1.54, 1.807) is 14.1 Å². The zero-order chi connectivity index (χ0) is 30.1. The van der Waals surface area contributed by atoms with Crippen LogP contribution in [0, 0.1) is 17.3 Å². The number of nitrogens with zero attached hydrogens (tertiary/aromatic N) is 2. The molecular weight excluding hydrogens is 538 g/mol. The van der Waals surface area contributed by atoms with Crippen molar-refractivity contribution in [2.75, 3.05) is 27.2 Å². The Labute approximate surface area is 238 Å². The Bertz CT molecular complexity index is 1360. The van der Waals surface area contributed by atoms with Crippen molar-refractivity contribution in [2.24, 2.45) is 23.0 Å². The van der Waals surface area contributed by atoms with Gasteiger partial charge in [-0.15, -0.1) is 0 Å². The summed E-state index contributed by atoms with van der Waals surface area (Å²) in [5.41, 5.74) is 2.69. The minimum atomic E-state index is -2.67. The van der Waals surface area contributed by atoms with Crippen LogP contribution in [0.3, 0.4) is 0 Å². The molecule has 4 rings (SSSR count). The number of likely N-dealkylation sites (N-methyl/N-ethyl adjacent to an activating group) is 1. The maximum atomic E-state index is 13.8. The van der Waals surface area contributed by atoms with Crippen LogP contribution < -0.4 is 5.73 Å². The van der Waals surface area contributed by atoms with Gasteiger partial charge >= 0.3 is 0 Å². The van der Waals surface area contributed by atoms with Crippen molar-refractivity contribution in [3.63, 3.8) is 0 Å². The number of rotatable bonds is 6. The van der Waals surface area contributed by atoms with E-state index in [9.17, 15) is 34.8 Å². The lowest BCUT2D eigenvalue weighted by Gasteiger charge is -2.50. The number of hydrogen-bond donors (Lipinski definition) is 5. The van der Waals surface area contributed by atoms with Crippen molar-refractivity contribution in [3.8, 4) is 5.75 Å². The number of halogens is 1. The molecule has 1 aromatic rings. The Balaban J connectivity index is 1.84. The van der Waals surface area contributed by atoms with Gasteiger partial charge < -0.3 is 26.2 Å². The number of carbonyl (C=O) groups is 3. The molecule has 0 aliphatic heterocycles. The molecule has 40 heavy (non-hydrogen) atoms. The molecule has 0 aromatic heterocycles. The second-order valence-corrected chi connectivity index (χ2v) is 12.9. The number of phenolic OH excluding ortho intramolecular Hbond substituents is 1. The van der Waals surface area contributed by atoms with Crippen molar-refractivity contribution >= 4 is 29.1 Å². The second kappa shape index (κ2) is 10.2. The molecule has 218 valence electrons. The fourth-order valence-electron chi connectivity index (χ4n) is 6.66. The van der Waals surface area contributed by atoms with E-state index >= 15 is 0 Å². The number of allylic oxidation sites excluding steroid dienone is 1. The molecule has 3 aliphatic rings. The predicted octanol–water partition coefficient (Wildman–Crippen LogP) is 2.64. The number of hydrogen-bond acceptors (Lipinski definition) is 9. The van der Waals surface area contributed by atoms with Crippen LogP contribution in [-0.4, -0.2) is 86.5 Å². The third kappa shape index (κ3) is 4.60. The summed E-state index contributed by atoms with van der Waals surface area (Å²) >= 11 is 6.87. The van der Waals surface area contributed by atoms with Crippen molar-refractivity contribution in [2.45, 2.75) is 58.7 Å². The summed E-state index contributed by atoms with van der Waals surface area (Å²) in [5, 5.41) is 45.3. The van der Waals surface area contributed by atoms with E-state index in [0.717, 1.165) is 13.1 Å². The standard InChI is InChI=1S/C29H38ClN3O7/c1-7-33(12-28(2,3)4)11-14-10-17(34)19-15(21(14)30)8-13-9-16-22(32(5)6)24(36)20(27(31)39)26(38)29(16,40)25(37)18(13)23(19)35/h10,13,16,22,34,36-37,40H,7-9,11-12H2,1-6H3,(H2,31,39)/t13-,16-,22-,29-/m0/s1. The lowest BCUT2D eigenvalue weighted by molar-refractivity contribution is -0.148. The predicted molar refractivity (Wildman–Crippen MR) is 149 cm³/mol.